The lowest BCUT2D eigenvalue weighted by atomic mass is 9.95. The highest BCUT2D eigenvalue weighted by Crippen LogP contribution is 2.30. The van der Waals surface area contributed by atoms with Crippen LogP contribution in [0.2, 0.25) is 0 Å². The summed E-state index contributed by atoms with van der Waals surface area (Å²) in [5.41, 5.74) is 1.77. The average Bonchev–Trinajstić information content (AvgIpc) is 3.69. The molecule has 0 saturated heterocycles. The monoisotopic (exact) mass is 499 g/mol. The third kappa shape index (κ3) is 6.91. The van der Waals surface area contributed by atoms with E-state index in [2.05, 4.69) is 15.6 Å². The standard InChI is InChI=1S/C28H29F4N3O/c1-18-15-22(11-12-23(18)29)24(13-9-20-10-14-25(33-16-20)28(30,31)32)35-26(21-5-3-2-4-6-21)27(36)34-17-19-7-8-19/h2-6,10-12,14-16,19,24,26,35H,7-9,13,17H2,1H3,(H,34,36)/t24-,26+/m1/s1. The molecule has 1 saturated carbocycles. The van der Waals surface area contributed by atoms with Gasteiger partial charge in [-0.15, -0.1) is 0 Å². The Bertz CT molecular complexity index is 1160. The molecular weight excluding hydrogens is 470 g/mol. The fourth-order valence-electron chi connectivity index (χ4n) is 4.12. The number of hydrogen-bond donors (Lipinski definition) is 2. The van der Waals surface area contributed by atoms with Crippen LogP contribution < -0.4 is 10.6 Å². The first-order valence-corrected chi connectivity index (χ1v) is 12.1. The first kappa shape index (κ1) is 25.8. The van der Waals surface area contributed by atoms with Crippen LogP contribution in [-0.2, 0) is 17.4 Å². The van der Waals surface area contributed by atoms with Crippen LogP contribution in [0.1, 0.15) is 59.3 Å². The highest BCUT2D eigenvalue weighted by atomic mass is 19.4. The van der Waals surface area contributed by atoms with Gasteiger partial charge >= 0.3 is 6.18 Å². The van der Waals surface area contributed by atoms with Crippen LogP contribution in [0.4, 0.5) is 17.6 Å². The van der Waals surface area contributed by atoms with Gasteiger partial charge in [0.25, 0.3) is 0 Å². The molecule has 1 amide bonds. The molecule has 1 heterocycles. The smallest absolute Gasteiger partial charge is 0.354 e. The Kier molecular flexibility index (Phi) is 8.04. The van der Waals surface area contributed by atoms with Crippen molar-refractivity contribution in [3.63, 3.8) is 0 Å². The van der Waals surface area contributed by atoms with E-state index < -0.39 is 17.9 Å². The Balaban J connectivity index is 1.57. The third-order valence-corrected chi connectivity index (χ3v) is 6.45. The Labute approximate surface area is 208 Å². The van der Waals surface area contributed by atoms with Crippen LogP contribution in [0.5, 0.6) is 0 Å². The van der Waals surface area contributed by atoms with Gasteiger partial charge in [-0.1, -0.05) is 48.5 Å². The second-order valence-electron chi connectivity index (χ2n) is 9.35. The SMILES string of the molecule is Cc1cc([C@@H](CCc2ccc(C(F)(F)F)nc2)N[C@H](C(=O)NCC2CC2)c2ccccc2)ccc1F. The van der Waals surface area contributed by atoms with Crippen molar-refractivity contribution in [3.8, 4) is 0 Å². The minimum Gasteiger partial charge on any atom is -0.354 e. The Hall–Kier alpha value is -3.26. The molecule has 1 fully saturated rings. The first-order valence-electron chi connectivity index (χ1n) is 12.1. The largest absolute Gasteiger partial charge is 0.433 e. The number of aromatic nitrogens is 1. The summed E-state index contributed by atoms with van der Waals surface area (Å²) in [6.45, 7) is 2.30. The van der Waals surface area contributed by atoms with Crippen molar-refractivity contribution in [2.24, 2.45) is 5.92 Å². The Morgan fingerprint density at radius 3 is 2.42 bits per heavy atom. The van der Waals surface area contributed by atoms with E-state index in [9.17, 15) is 22.4 Å². The molecule has 4 rings (SSSR count). The summed E-state index contributed by atoms with van der Waals surface area (Å²) in [7, 11) is 0. The molecule has 8 heteroatoms. The lowest BCUT2D eigenvalue weighted by molar-refractivity contribution is -0.141. The molecule has 36 heavy (non-hydrogen) atoms. The summed E-state index contributed by atoms with van der Waals surface area (Å²) in [6, 6.07) is 15.5. The Morgan fingerprint density at radius 2 is 1.81 bits per heavy atom. The predicted molar refractivity (Wildman–Crippen MR) is 129 cm³/mol. The summed E-state index contributed by atoms with van der Waals surface area (Å²) in [4.78, 5) is 16.8. The quantitative estimate of drug-likeness (QED) is 0.333. The number of rotatable bonds is 10. The van der Waals surface area contributed by atoms with E-state index in [0.29, 0.717) is 36.4 Å². The molecule has 1 aliphatic carbocycles. The fourth-order valence-corrected chi connectivity index (χ4v) is 4.12. The number of carbonyl (C=O) groups is 1. The molecule has 3 aromatic rings. The number of amides is 1. The number of nitrogens with zero attached hydrogens (tertiary/aromatic N) is 1. The molecule has 4 nitrogen and oxygen atoms in total. The lowest BCUT2D eigenvalue weighted by Gasteiger charge is -2.27. The minimum atomic E-state index is -4.50. The zero-order valence-electron chi connectivity index (χ0n) is 20.0. The van der Waals surface area contributed by atoms with Crippen LogP contribution in [0, 0.1) is 18.7 Å². The van der Waals surface area contributed by atoms with Crippen molar-refractivity contribution in [1.82, 2.24) is 15.6 Å². The number of alkyl halides is 3. The van der Waals surface area contributed by atoms with Crippen molar-refractivity contribution < 1.29 is 22.4 Å². The summed E-state index contributed by atoms with van der Waals surface area (Å²) in [5.74, 6) is 0.0486. The van der Waals surface area contributed by atoms with Crippen LogP contribution in [0.15, 0.2) is 66.9 Å². The molecule has 190 valence electrons. The lowest BCUT2D eigenvalue weighted by Crippen LogP contribution is -2.40. The second-order valence-corrected chi connectivity index (χ2v) is 9.35. The van der Waals surface area contributed by atoms with Gasteiger partial charge in [-0.05, 0) is 72.9 Å². The van der Waals surface area contributed by atoms with Crippen LogP contribution >= 0.6 is 0 Å². The van der Waals surface area contributed by atoms with Crippen molar-refractivity contribution in [1.29, 1.82) is 0 Å². The summed E-state index contributed by atoms with van der Waals surface area (Å²) in [6.07, 6.45) is -0.148. The van der Waals surface area contributed by atoms with Crippen molar-refractivity contribution in [2.45, 2.75) is 50.9 Å². The van der Waals surface area contributed by atoms with Crippen LogP contribution in [0.3, 0.4) is 0 Å². The van der Waals surface area contributed by atoms with Crippen molar-refractivity contribution in [3.05, 3.63) is 101 Å². The van der Waals surface area contributed by atoms with Gasteiger partial charge in [-0.2, -0.15) is 13.2 Å². The van der Waals surface area contributed by atoms with E-state index in [4.69, 9.17) is 0 Å². The number of benzene rings is 2. The number of nitrogens with one attached hydrogen (secondary N) is 2. The van der Waals surface area contributed by atoms with Crippen molar-refractivity contribution >= 4 is 5.91 Å². The van der Waals surface area contributed by atoms with E-state index in [0.717, 1.165) is 30.0 Å². The molecule has 2 N–H and O–H groups in total. The molecule has 0 spiro atoms. The van der Waals surface area contributed by atoms with Gasteiger partial charge in [0.15, 0.2) is 0 Å². The third-order valence-electron chi connectivity index (χ3n) is 6.45. The molecule has 0 aliphatic heterocycles. The number of hydrogen-bond acceptors (Lipinski definition) is 3. The summed E-state index contributed by atoms with van der Waals surface area (Å²) in [5, 5.41) is 6.48. The summed E-state index contributed by atoms with van der Waals surface area (Å²) >= 11 is 0. The number of pyridine rings is 1. The van der Waals surface area contributed by atoms with Crippen molar-refractivity contribution in [2.75, 3.05) is 6.54 Å². The molecule has 2 aromatic carbocycles. The van der Waals surface area contributed by atoms with Crippen LogP contribution in [-0.4, -0.2) is 17.4 Å². The highest BCUT2D eigenvalue weighted by Gasteiger charge is 2.32. The number of carbonyl (C=O) groups excluding carboxylic acids is 1. The van der Waals surface area contributed by atoms with Gasteiger partial charge in [0.2, 0.25) is 5.91 Å². The van der Waals surface area contributed by atoms with Gasteiger partial charge in [-0.25, -0.2) is 4.39 Å². The van der Waals surface area contributed by atoms with Gasteiger partial charge in [0.1, 0.15) is 17.6 Å². The van der Waals surface area contributed by atoms with Gasteiger partial charge in [0.05, 0.1) is 0 Å². The molecule has 1 aromatic heterocycles. The molecular formula is C28H29F4N3O. The number of aryl methyl sites for hydroxylation is 2. The maximum Gasteiger partial charge on any atom is 0.433 e. The van der Waals surface area contributed by atoms with E-state index in [-0.39, 0.29) is 17.8 Å². The Morgan fingerprint density at radius 1 is 1.06 bits per heavy atom. The van der Waals surface area contributed by atoms with Gasteiger partial charge in [-0.3, -0.25) is 15.1 Å². The van der Waals surface area contributed by atoms with Gasteiger partial charge in [0, 0.05) is 18.8 Å². The number of halogens is 4. The van der Waals surface area contributed by atoms with E-state index in [1.165, 1.54) is 18.3 Å². The molecule has 0 radical (unpaired) electrons. The fraction of sp³-hybridized carbons (Fsp3) is 0.357. The topological polar surface area (TPSA) is 54.0 Å². The zero-order chi connectivity index (χ0) is 25.7. The first-order chi connectivity index (χ1) is 17.2. The molecule has 0 bridgehead atoms. The minimum absolute atomic E-state index is 0.145. The maximum absolute atomic E-state index is 14.0. The normalized spacial score (nSPS) is 15.4. The molecule has 2 atom stereocenters. The summed E-state index contributed by atoms with van der Waals surface area (Å²) < 4.78 is 52.6. The van der Waals surface area contributed by atoms with Crippen LogP contribution in [0.25, 0.3) is 0 Å². The van der Waals surface area contributed by atoms with Gasteiger partial charge < -0.3 is 5.32 Å². The average molecular weight is 500 g/mol. The van der Waals surface area contributed by atoms with E-state index in [1.54, 1.807) is 19.1 Å². The maximum atomic E-state index is 14.0. The zero-order valence-corrected chi connectivity index (χ0v) is 20.0. The molecule has 0 unspecified atom stereocenters. The highest BCUT2D eigenvalue weighted by molar-refractivity contribution is 5.83. The second kappa shape index (κ2) is 11.2. The van der Waals surface area contributed by atoms with E-state index >= 15 is 0 Å². The molecule has 1 aliphatic rings. The predicted octanol–water partition coefficient (Wildman–Crippen LogP) is 6.08. The van der Waals surface area contributed by atoms with E-state index in [1.807, 2.05) is 30.3 Å².